The molecule has 0 saturated carbocycles. The van der Waals surface area contributed by atoms with Crippen LogP contribution >= 0.6 is 0 Å². The van der Waals surface area contributed by atoms with E-state index in [0.29, 0.717) is 70.1 Å². The largest absolute Gasteiger partial charge is 4.00 e. The van der Waals surface area contributed by atoms with Gasteiger partial charge >= 0.3 is 43.4 Å². The van der Waals surface area contributed by atoms with Crippen LogP contribution in [0.3, 0.4) is 0 Å². The molecule has 2 heterocycles. The Bertz CT molecular complexity index is 3940. The van der Waals surface area contributed by atoms with E-state index >= 15 is 0 Å². The van der Waals surface area contributed by atoms with Crippen LogP contribution in [-0.2, 0) is 43.4 Å². The van der Waals surface area contributed by atoms with E-state index in [4.69, 9.17) is 0 Å². The van der Waals surface area contributed by atoms with Crippen molar-refractivity contribution >= 4 is 46.9 Å². The summed E-state index contributed by atoms with van der Waals surface area (Å²) in [6, 6.07) is 61.7. The number of urea groups is 4. The van der Waals surface area contributed by atoms with E-state index in [1.807, 2.05) is 116 Å². The van der Waals surface area contributed by atoms with Gasteiger partial charge in [0.25, 0.3) is 0 Å². The van der Waals surface area contributed by atoms with Crippen LogP contribution in [0.5, 0.6) is 0 Å². The van der Waals surface area contributed by atoms with Gasteiger partial charge in [0.15, 0.2) is 24.1 Å². The number of imidazole rings is 2. The summed E-state index contributed by atoms with van der Waals surface area (Å²) in [6.07, 6.45) is 8.01. The van der Waals surface area contributed by atoms with Crippen molar-refractivity contribution in [2.24, 2.45) is 0 Å². The van der Waals surface area contributed by atoms with Crippen LogP contribution in [0, 0.1) is 0 Å². The van der Waals surface area contributed by atoms with Crippen molar-refractivity contribution in [2.75, 3.05) is 84.6 Å². The molecule has 0 saturated heterocycles. The minimum atomic E-state index is -0.235. The molecular weight excluding hydrogens is 1510 g/mol. The monoisotopic (exact) mass is 1640 g/mol. The average Bonchev–Trinajstić information content (AvgIpc) is 1.58. The number of para-hydroxylation sites is 8. The van der Waals surface area contributed by atoms with Crippen LogP contribution in [0.25, 0.3) is 65.5 Å². The Labute approximate surface area is 725 Å². The fraction of sp³-hybridized carbons (Fsp3) is 0.383. The number of hydrogen-bond acceptors (Lipinski definition) is 4. The van der Waals surface area contributed by atoms with Crippen molar-refractivity contribution < 1.29 is 62.6 Å². The second kappa shape index (κ2) is 53.4. The maximum absolute atomic E-state index is 11.5. The molecule has 616 valence electrons. The van der Waals surface area contributed by atoms with Crippen LogP contribution < -0.4 is 11.2 Å². The smallest absolute Gasteiger partial charge is 0.668 e. The maximum Gasteiger partial charge on any atom is 4.00 e. The molecule has 10 rings (SSSR count). The fourth-order valence-corrected chi connectivity index (χ4v) is 11.5. The van der Waals surface area contributed by atoms with Gasteiger partial charge in [-0.15, -0.1) is 0 Å². The number of amides is 8. The van der Waals surface area contributed by atoms with Gasteiger partial charge in [-0.25, -0.2) is 0 Å². The van der Waals surface area contributed by atoms with Gasteiger partial charge in [0.2, 0.25) is 0 Å². The Morgan fingerprint density at radius 2 is 0.379 bits per heavy atom. The quantitative estimate of drug-likeness (QED) is 0.0859. The van der Waals surface area contributed by atoms with Crippen molar-refractivity contribution in [1.29, 1.82) is 0 Å². The Balaban J connectivity index is 0.000000720. The van der Waals surface area contributed by atoms with E-state index in [-0.39, 0.29) is 78.8 Å². The Kier molecular flexibility index (Phi) is 48.0. The van der Waals surface area contributed by atoms with Crippen LogP contribution in [0.2, 0.25) is 0 Å². The van der Waals surface area contributed by atoms with Crippen LogP contribution in [0.1, 0.15) is 203 Å². The first kappa shape index (κ1) is 104. The zero-order chi connectivity index (χ0) is 85.6. The molecule has 22 heteroatoms. The summed E-state index contributed by atoms with van der Waals surface area (Å²) < 4.78 is 7.86. The number of rotatable bonds is 16. The van der Waals surface area contributed by atoms with Crippen LogP contribution in [0.4, 0.5) is 41.9 Å². The zero-order valence-electron chi connectivity index (χ0n) is 74.2. The first-order chi connectivity index (χ1) is 53.9. The topological polar surface area (TPSA) is 230 Å². The van der Waals surface area contributed by atoms with Gasteiger partial charge in [-0.1, -0.05) is 361 Å². The van der Waals surface area contributed by atoms with Crippen LogP contribution in [-0.4, -0.2) is 147 Å². The predicted octanol–water partition coefficient (Wildman–Crippen LogP) is 25.2. The van der Waals surface area contributed by atoms with Gasteiger partial charge in [-0.05, 0) is 162 Å². The second-order valence-electron chi connectivity index (χ2n) is 30.4. The average molecular weight is 1640 g/mol. The molecule has 8 aromatic carbocycles. The molecular formula is C94H128N16O4Ti2. The summed E-state index contributed by atoms with van der Waals surface area (Å²) in [7, 11) is 20.4. The normalized spacial score (nSPS) is 10.3. The minimum absolute atomic E-state index is 0. The number of nitrogens with zero attached hydrogens (tertiary/aromatic N) is 16. The standard InChI is InChI=1S/2C27H36N3.4C9H12N2O.2C2H6N.2Ti/c2*1-17(2)21-11-9-12-22(18(3)4)25(21)29-15-16-30(27(29)28)26-23(19(5)6)13-10-14-24(26)20(7)8;4*1-11(2)9(12)10-8-6-4-3-5-7-8;2*1-3-2;;/h2*9-20H,1-8H3;4*3-7H,1-2H3,(H,10,12);2*1-2H3;;/q2*-1;;;;;2*-1;2*+4/p-4. The molecule has 0 atom stereocenters. The van der Waals surface area contributed by atoms with Crippen molar-refractivity contribution in [3.63, 3.8) is 0 Å². The molecule has 116 heavy (non-hydrogen) atoms. The maximum atomic E-state index is 11.5. The molecule has 20 nitrogen and oxygen atoms in total. The molecule has 0 fully saturated rings. The Hall–Kier alpha value is -9.79. The summed E-state index contributed by atoms with van der Waals surface area (Å²) in [4.78, 5) is 50.0. The Morgan fingerprint density at radius 3 is 0.491 bits per heavy atom. The molecule has 0 radical (unpaired) electrons. The summed E-state index contributed by atoms with van der Waals surface area (Å²) in [5.41, 5.74) is 17.7. The molecule has 0 spiro atoms. The van der Waals surface area contributed by atoms with Crippen molar-refractivity contribution in [3.05, 3.63) is 317 Å². The molecule has 8 amide bonds. The molecule has 0 bridgehead atoms. The zero-order valence-corrected chi connectivity index (χ0v) is 77.3. The summed E-state index contributed by atoms with van der Waals surface area (Å²) >= 11 is 0. The number of hydrogen-bond donors (Lipinski definition) is 0. The van der Waals surface area contributed by atoms with Gasteiger partial charge in [-0.2, -0.15) is 28.2 Å². The molecule has 0 aliphatic rings. The summed E-state index contributed by atoms with van der Waals surface area (Å²) in [6.45, 7) is 35.4. The number of aromatic nitrogens is 4. The molecule has 0 aliphatic carbocycles. The number of carbonyl (C=O) groups excluding carboxylic acids is 4. The van der Waals surface area contributed by atoms with Crippen molar-refractivity contribution in [2.45, 2.75) is 158 Å². The second-order valence-corrected chi connectivity index (χ2v) is 30.4. The summed E-state index contributed by atoms with van der Waals surface area (Å²) in [5.74, 6) is 2.91. The van der Waals surface area contributed by atoms with E-state index in [1.165, 1.54) is 64.1 Å². The van der Waals surface area contributed by atoms with Gasteiger partial charge in [0.05, 0.1) is 0 Å². The fourth-order valence-electron chi connectivity index (χ4n) is 11.5. The third-order valence-corrected chi connectivity index (χ3v) is 17.4. The van der Waals surface area contributed by atoms with Gasteiger partial charge in [-0.3, -0.25) is 19.2 Å². The van der Waals surface area contributed by atoms with E-state index in [2.05, 4.69) is 215 Å². The minimum Gasteiger partial charge on any atom is -0.668 e. The third kappa shape index (κ3) is 32.7. The van der Waals surface area contributed by atoms with E-state index < -0.39 is 0 Å². The van der Waals surface area contributed by atoms with Gasteiger partial charge in [0.1, 0.15) is 0 Å². The molecule has 0 aliphatic heterocycles. The van der Waals surface area contributed by atoms with Gasteiger partial charge in [0, 0.05) is 11.2 Å². The SMILES string of the molecule is CC(C)c1cccc(C(C)C)c1-n1ccn(-c2c(C(C)C)cccc2C(C)C)c1=[N-].CC(C)c1cccc(C(C)C)c1-n1ccn(-c2c(C(C)C)cccc2C(C)C)c1=[N-].CN(C)C(=O)[N-]c1ccccc1.CN(C)C(=O)[N-]c1ccccc1.CN(C)C(=O)[N-]c1ccccc1.CN(C)C(=O)[N-]c1ccccc1.C[N-]C.C[N-]C.[Ti+4].[Ti+4]. The van der Waals surface area contributed by atoms with Crippen molar-refractivity contribution in [1.82, 2.24) is 37.9 Å². The van der Waals surface area contributed by atoms with Crippen LogP contribution in [0.15, 0.2) is 219 Å². The van der Waals surface area contributed by atoms with E-state index in [1.54, 1.807) is 133 Å². The first-order valence-electron chi connectivity index (χ1n) is 39.0. The summed E-state index contributed by atoms with van der Waals surface area (Å²) in [5, 5.41) is 45.4. The molecule has 0 unspecified atom stereocenters. The Morgan fingerprint density at radius 1 is 0.250 bits per heavy atom. The first-order valence-corrected chi connectivity index (χ1v) is 39.0. The van der Waals surface area contributed by atoms with E-state index in [9.17, 15) is 30.0 Å². The van der Waals surface area contributed by atoms with Crippen molar-refractivity contribution in [3.8, 4) is 22.7 Å². The molecule has 0 N–H and O–H groups in total. The molecule has 10 aromatic rings. The van der Waals surface area contributed by atoms with Gasteiger partial charge < -0.3 is 80.6 Å². The third-order valence-electron chi connectivity index (χ3n) is 17.4. The number of carbonyl (C=O) groups is 4. The molecule has 2 aromatic heterocycles. The number of benzene rings is 8. The predicted molar refractivity (Wildman–Crippen MR) is 480 cm³/mol. The van der Waals surface area contributed by atoms with E-state index in [0.717, 1.165) is 22.7 Å².